The standard InChI is InChI=1S/C45H29N5/c1-2-11-29(12-3-1)38-24-21-30-18-19-31-22-25-41(47-43(31)42(30)46-38)50-40-17-9-7-15-35(40)37-27-36-34-14-6-8-16-39(34)49(44(36)48-45(37)50)33-23-20-28-10-4-5-13-32(28)26-33/h1-26,37H,27H2. The van der Waals surface area contributed by atoms with Crippen molar-refractivity contribution in [2.75, 3.05) is 4.90 Å². The molecule has 1 atom stereocenters. The summed E-state index contributed by atoms with van der Waals surface area (Å²) in [6.07, 6.45) is 0.862. The molecule has 234 valence electrons. The van der Waals surface area contributed by atoms with Gasteiger partial charge in [0.25, 0.3) is 0 Å². The van der Waals surface area contributed by atoms with Crippen molar-refractivity contribution in [2.24, 2.45) is 4.99 Å². The van der Waals surface area contributed by atoms with Crippen LogP contribution in [0.25, 0.3) is 60.4 Å². The van der Waals surface area contributed by atoms with Gasteiger partial charge in [0, 0.05) is 38.9 Å². The lowest BCUT2D eigenvalue weighted by molar-refractivity contribution is 0.869. The summed E-state index contributed by atoms with van der Waals surface area (Å²) in [5, 5.41) is 5.83. The first-order valence-corrected chi connectivity index (χ1v) is 17.1. The van der Waals surface area contributed by atoms with Crippen LogP contribution in [0.4, 0.5) is 17.3 Å². The lowest BCUT2D eigenvalue weighted by Gasteiger charge is -2.25. The van der Waals surface area contributed by atoms with Crippen molar-refractivity contribution in [1.82, 2.24) is 14.5 Å². The fourth-order valence-electron chi connectivity index (χ4n) is 8.13. The molecule has 6 aromatic carbocycles. The number of aliphatic imine (C=N–C) groups is 1. The number of fused-ring (bicyclic) bond motifs is 10. The van der Waals surface area contributed by atoms with Gasteiger partial charge in [0.15, 0.2) is 0 Å². The lowest BCUT2D eigenvalue weighted by atomic mass is 9.90. The zero-order valence-corrected chi connectivity index (χ0v) is 27.0. The Balaban J connectivity index is 1.13. The number of anilines is 2. The molecule has 1 unspecified atom stereocenters. The van der Waals surface area contributed by atoms with Gasteiger partial charge < -0.3 is 0 Å². The highest BCUT2D eigenvalue weighted by Crippen LogP contribution is 2.50. The Morgan fingerprint density at radius 1 is 0.560 bits per heavy atom. The van der Waals surface area contributed by atoms with E-state index in [4.69, 9.17) is 15.0 Å². The van der Waals surface area contributed by atoms with Gasteiger partial charge in [-0.3, -0.25) is 9.47 Å². The van der Waals surface area contributed by atoms with Gasteiger partial charge in [0.1, 0.15) is 17.5 Å². The molecule has 0 N–H and O–H groups in total. The number of benzene rings is 6. The molecule has 5 nitrogen and oxygen atoms in total. The fourth-order valence-corrected chi connectivity index (χ4v) is 8.13. The SMILES string of the molecule is c1ccc(-c2ccc3ccc4ccc(N5C6=Nc7c(c8ccccc8n7-c7ccc8ccccc8c7)CC6c6ccccc65)nc4c3n2)cc1. The van der Waals surface area contributed by atoms with Crippen molar-refractivity contribution in [1.29, 1.82) is 0 Å². The number of hydrogen-bond donors (Lipinski definition) is 0. The number of nitrogens with zero attached hydrogens (tertiary/aromatic N) is 5. The first-order valence-electron chi connectivity index (χ1n) is 17.1. The molecule has 0 aliphatic carbocycles. The van der Waals surface area contributed by atoms with Gasteiger partial charge in [-0.1, -0.05) is 115 Å². The molecule has 5 heteroatoms. The van der Waals surface area contributed by atoms with Crippen LogP contribution < -0.4 is 4.90 Å². The first-order chi connectivity index (χ1) is 24.8. The number of rotatable bonds is 3. The lowest BCUT2D eigenvalue weighted by Crippen LogP contribution is -2.28. The Hall–Kier alpha value is -6.59. The average Bonchev–Trinajstić information content (AvgIpc) is 3.68. The fraction of sp³-hybridized carbons (Fsp3) is 0.0444. The van der Waals surface area contributed by atoms with Gasteiger partial charge >= 0.3 is 0 Å². The third-order valence-corrected chi connectivity index (χ3v) is 10.5. The van der Waals surface area contributed by atoms with Crippen LogP contribution >= 0.6 is 0 Å². The molecule has 2 aliphatic rings. The van der Waals surface area contributed by atoms with E-state index < -0.39 is 0 Å². The molecule has 9 aromatic rings. The molecule has 3 aromatic heterocycles. The van der Waals surface area contributed by atoms with E-state index in [-0.39, 0.29) is 5.92 Å². The predicted molar refractivity (Wildman–Crippen MR) is 205 cm³/mol. The summed E-state index contributed by atoms with van der Waals surface area (Å²) in [7, 11) is 0. The van der Waals surface area contributed by atoms with Crippen molar-refractivity contribution in [3.05, 3.63) is 169 Å². The number of aromatic nitrogens is 3. The Morgan fingerprint density at radius 3 is 2.16 bits per heavy atom. The monoisotopic (exact) mass is 639 g/mol. The maximum Gasteiger partial charge on any atom is 0.143 e. The van der Waals surface area contributed by atoms with Gasteiger partial charge in [-0.25, -0.2) is 15.0 Å². The Morgan fingerprint density at radius 2 is 1.26 bits per heavy atom. The Kier molecular flexibility index (Phi) is 5.72. The summed E-state index contributed by atoms with van der Waals surface area (Å²) in [4.78, 5) is 18.5. The summed E-state index contributed by atoms with van der Waals surface area (Å²) in [5.74, 6) is 2.96. The summed E-state index contributed by atoms with van der Waals surface area (Å²) in [6.45, 7) is 0. The third kappa shape index (κ3) is 3.98. The predicted octanol–water partition coefficient (Wildman–Crippen LogP) is 11.1. The molecule has 11 rings (SSSR count). The van der Waals surface area contributed by atoms with Crippen LogP contribution in [-0.2, 0) is 6.42 Å². The van der Waals surface area contributed by atoms with Crippen molar-refractivity contribution < 1.29 is 0 Å². The molecule has 0 fully saturated rings. The zero-order chi connectivity index (χ0) is 32.8. The topological polar surface area (TPSA) is 46.3 Å². The highest BCUT2D eigenvalue weighted by molar-refractivity contribution is 6.16. The second kappa shape index (κ2) is 10.5. The van der Waals surface area contributed by atoms with Gasteiger partial charge in [-0.05, 0) is 65.2 Å². The number of pyridine rings is 2. The summed E-state index contributed by atoms with van der Waals surface area (Å²) in [5.41, 5.74) is 9.81. The minimum atomic E-state index is 0.113. The Labute approximate surface area is 288 Å². The van der Waals surface area contributed by atoms with Crippen molar-refractivity contribution in [3.8, 4) is 16.9 Å². The number of amidine groups is 1. The highest BCUT2D eigenvalue weighted by Gasteiger charge is 2.41. The second-order valence-corrected chi connectivity index (χ2v) is 13.2. The summed E-state index contributed by atoms with van der Waals surface area (Å²) < 4.78 is 2.35. The zero-order valence-electron chi connectivity index (χ0n) is 27.0. The van der Waals surface area contributed by atoms with Crippen molar-refractivity contribution in [3.63, 3.8) is 0 Å². The van der Waals surface area contributed by atoms with E-state index in [1.807, 2.05) is 6.07 Å². The van der Waals surface area contributed by atoms with Crippen LogP contribution in [0.3, 0.4) is 0 Å². The molecular weight excluding hydrogens is 611 g/mol. The largest absolute Gasteiger partial charge is 0.294 e. The van der Waals surface area contributed by atoms with Crippen LogP contribution in [0.15, 0.2) is 163 Å². The average molecular weight is 640 g/mol. The minimum Gasteiger partial charge on any atom is -0.294 e. The van der Waals surface area contributed by atoms with Crippen LogP contribution in [0.1, 0.15) is 17.0 Å². The third-order valence-electron chi connectivity index (χ3n) is 10.5. The summed E-state index contributed by atoms with van der Waals surface area (Å²) >= 11 is 0. The van der Waals surface area contributed by atoms with Gasteiger partial charge in [-0.2, -0.15) is 0 Å². The van der Waals surface area contributed by atoms with Crippen LogP contribution in [-0.4, -0.2) is 20.4 Å². The van der Waals surface area contributed by atoms with Crippen LogP contribution in [0.5, 0.6) is 0 Å². The van der Waals surface area contributed by atoms with Crippen LogP contribution in [0, 0.1) is 0 Å². The van der Waals surface area contributed by atoms with Crippen LogP contribution in [0.2, 0.25) is 0 Å². The number of hydrogen-bond acceptors (Lipinski definition) is 4. The van der Waals surface area contributed by atoms with Gasteiger partial charge in [0.05, 0.1) is 27.9 Å². The van der Waals surface area contributed by atoms with E-state index in [2.05, 4.69) is 161 Å². The van der Waals surface area contributed by atoms with Gasteiger partial charge in [0.2, 0.25) is 0 Å². The quantitative estimate of drug-likeness (QED) is 0.181. The van der Waals surface area contributed by atoms with Gasteiger partial charge in [-0.15, -0.1) is 0 Å². The van der Waals surface area contributed by atoms with Crippen molar-refractivity contribution >= 4 is 66.6 Å². The second-order valence-electron chi connectivity index (χ2n) is 13.2. The molecule has 0 bridgehead atoms. The molecular formula is C45H29N5. The molecule has 50 heavy (non-hydrogen) atoms. The minimum absolute atomic E-state index is 0.113. The smallest absolute Gasteiger partial charge is 0.143 e. The molecule has 0 saturated heterocycles. The summed E-state index contributed by atoms with van der Waals surface area (Å²) in [6, 6.07) is 55.9. The molecule has 5 heterocycles. The molecule has 2 aliphatic heterocycles. The van der Waals surface area contributed by atoms with E-state index >= 15 is 0 Å². The van der Waals surface area contributed by atoms with E-state index in [1.165, 1.54) is 32.8 Å². The molecule has 0 radical (unpaired) electrons. The number of para-hydroxylation sites is 2. The van der Waals surface area contributed by atoms with E-state index in [1.54, 1.807) is 0 Å². The molecule has 0 spiro atoms. The maximum absolute atomic E-state index is 5.62. The first kappa shape index (κ1) is 27.4. The van der Waals surface area contributed by atoms with Crippen molar-refractivity contribution in [2.45, 2.75) is 12.3 Å². The molecule has 0 amide bonds. The Bertz CT molecular complexity index is 2870. The normalized spacial score (nSPS) is 15.0. The maximum atomic E-state index is 5.62. The van der Waals surface area contributed by atoms with E-state index in [0.717, 1.165) is 68.3 Å². The van der Waals surface area contributed by atoms with E-state index in [9.17, 15) is 0 Å². The highest BCUT2D eigenvalue weighted by atomic mass is 15.3. The van der Waals surface area contributed by atoms with E-state index in [0.29, 0.717) is 0 Å². The molecule has 0 saturated carbocycles.